The molecular formula is C15H24N4O3. The van der Waals surface area contributed by atoms with Crippen LogP contribution >= 0.6 is 0 Å². The summed E-state index contributed by atoms with van der Waals surface area (Å²) >= 11 is 0. The molecule has 2 heterocycles. The number of hydrogen-bond donors (Lipinski definition) is 0. The van der Waals surface area contributed by atoms with Crippen molar-refractivity contribution in [3.63, 3.8) is 0 Å². The van der Waals surface area contributed by atoms with E-state index in [-0.39, 0.29) is 30.2 Å². The summed E-state index contributed by atoms with van der Waals surface area (Å²) in [7, 11) is 3.43. The van der Waals surface area contributed by atoms with Crippen molar-refractivity contribution in [2.24, 2.45) is 0 Å². The quantitative estimate of drug-likeness (QED) is 0.816. The molecule has 7 heteroatoms. The topological polar surface area (TPSA) is 79.5 Å². The lowest BCUT2D eigenvalue weighted by Crippen LogP contribution is -2.45. The summed E-state index contributed by atoms with van der Waals surface area (Å²) in [6, 6.07) is -0.323. The number of likely N-dealkylation sites (N-methyl/N-ethyl adjacent to an activating group) is 1. The summed E-state index contributed by atoms with van der Waals surface area (Å²) in [6.07, 6.45) is 2.31. The third-order valence-electron chi connectivity index (χ3n) is 3.85. The fraction of sp³-hybridized carbons (Fsp3) is 0.733. The minimum atomic E-state index is -0.323. The Morgan fingerprint density at radius 2 is 2.14 bits per heavy atom. The molecule has 22 heavy (non-hydrogen) atoms. The molecule has 1 fully saturated rings. The predicted molar refractivity (Wildman–Crippen MR) is 80.1 cm³/mol. The highest BCUT2D eigenvalue weighted by Crippen LogP contribution is 2.20. The number of amides is 2. The van der Waals surface area contributed by atoms with Crippen molar-refractivity contribution in [1.29, 1.82) is 0 Å². The van der Waals surface area contributed by atoms with Crippen molar-refractivity contribution in [2.75, 3.05) is 20.6 Å². The van der Waals surface area contributed by atoms with Crippen LogP contribution in [0.4, 0.5) is 0 Å². The Hall–Kier alpha value is -1.92. The van der Waals surface area contributed by atoms with Crippen LogP contribution in [-0.4, -0.2) is 58.4 Å². The van der Waals surface area contributed by atoms with Crippen LogP contribution < -0.4 is 0 Å². The van der Waals surface area contributed by atoms with Gasteiger partial charge < -0.3 is 14.3 Å². The van der Waals surface area contributed by atoms with Gasteiger partial charge in [0.25, 0.3) is 0 Å². The monoisotopic (exact) mass is 308 g/mol. The highest BCUT2D eigenvalue weighted by molar-refractivity contribution is 5.88. The molecule has 0 aromatic carbocycles. The lowest BCUT2D eigenvalue weighted by atomic mass is 10.2. The van der Waals surface area contributed by atoms with Gasteiger partial charge in [0.1, 0.15) is 6.04 Å². The number of aryl methyl sites for hydroxylation is 1. The Bertz CT molecular complexity index is 539. The van der Waals surface area contributed by atoms with Crippen molar-refractivity contribution in [1.82, 2.24) is 19.9 Å². The van der Waals surface area contributed by atoms with Gasteiger partial charge in [0.15, 0.2) is 5.82 Å². The van der Waals surface area contributed by atoms with Crippen molar-refractivity contribution in [3.8, 4) is 0 Å². The molecule has 0 radical (unpaired) electrons. The molecule has 1 aromatic rings. The lowest BCUT2D eigenvalue weighted by Gasteiger charge is -2.26. The normalized spacial score (nSPS) is 18.0. The average Bonchev–Trinajstić information content (AvgIpc) is 3.12. The number of carbonyl (C=O) groups is 2. The summed E-state index contributed by atoms with van der Waals surface area (Å²) in [5.41, 5.74) is 0. The first-order valence-corrected chi connectivity index (χ1v) is 7.73. The molecule has 0 spiro atoms. The molecular weight excluding hydrogens is 284 g/mol. The molecule has 0 N–H and O–H groups in total. The molecule has 1 unspecified atom stereocenters. The maximum atomic E-state index is 12.4. The molecule has 1 aromatic heterocycles. The molecule has 1 atom stereocenters. The van der Waals surface area contributed by atoms with E-state index in [1.54, 1.807) is 23.9 Å². The van der Waals surface area contributed by atoms with Gasteiger partial charge in [-0.05, 0) is 12.8 Å². The van der Waals surface area contributed by atoms with Gasteiger partial charge in [-0.15, -0.1) is 0 Å². The largest absolute Gasteiger partial charge is 0.347 e. The molecule has 2 amide bonds. The molecule has 0 bridgehead atoms. The Morgan fingerprint density at radius 1 is 1.41 bits per heavy atom. The molecule has 122 valence electrons. The van der Waals surface area contributed by atoms with E-state index in [1.165, 1.54) is 0 Å². The summed E-state index contributed by atoms with van der Waals surface area (Å²) in [5.74, 6) is 1.30. The molecule has 1 aliphatic rings. The highest BCUT2D eigenvalue weighted by Gasteiger charge is 2.34. The maximum absolute atomic E-state index is 12.4. The van der Waals surface area contributed by atoms with E-state index >= 15 is 0 Å². The minimum Gasteiger partial charge on any atom is -0.347 e. The smallest absolute Gasteiger partial charge is 0.244 e. The van der Waals surface area contributed by atoms with Crippen molar-refractivity contribution in [3.05, 3.63) is 11.7 Å². The van der Waals surface area contributed by atoms with Crippen molar-refractivity contribution >= 4 is 11.8 Å². The third kappa shape index (κ3) is 3.64. The molecule has 0 saturated carbocycles. The Labute approximate surface area is 130 Å². The first kappa shape index (κ1) is 16.5. The van der Waals surface area contributed by atoms with Gasteiger partial charge in [0.2, 0.25) is 17.7 Å². The van der Waals surface area contributed by atoms with Gasteiger partial charge >= 0.3 is 0 Å². The second-order valence-corrected chi connectivity index (χ2v) is 6.18. The summed E-state index contributed by atoms with van der Waals surface area (Å²) in [4.78, 5) is 32.0. The zero-order valence-corrected chi connectivity index (χ0v) is 13.7. The first-order valence-electron chi connectivity index (χ1n) is 7.73. The number of likely N-dealkylation sites (tertiary alicyclic amines) is 1. The number of carbonyl (C=O) groups excluding carboxylic acids is 2. The number of rotatable bonds is 5. The predicted octanol–water partition coefficient (Wildman–Crippen LogP) is 1.20. The molecule has 1 saturated heterocycles. The first-order chi connectivity index (χ1) is 10.4. The Morgan fingerprint density at radius 3 is 2.73 bits per heavy atom. The van der Waals surface area contributed by atoms with E-state index in [4.69, 9.17) is 4.52 Å². The Balaban J connectivity index is 1.92. The van der Waals surface area contributed by atoms with Gasteiger partial charge in [-0.1, -0.05) is 19.0 Å². The van der Waals surface area contributed by atoms with Gasteiger partial charge in [-0.3, -0.25) is 9.59 Å². The van der Waals surface area contributed by atoms with Crippen LogP contribution in [0, 0.1) is 0 Å². The standard InChI is InChI=1S/C15H24N4O3/c1-10(2)14-16-12(22-17-14)7-8-13(20)19-9-5-6-11(19)15(21)18(3)4/h10-11H,5-9H2,1-4H3. The van der Waals surface area contributed by atoms with Crippen LogP contribution in [0.2, 0.25) is 0 Å². The van der Waals surface area contributed by atoms with Crippen LogP contribution in [0.1, 0.15) is 50.7 Å². The zero-order chi connectivity index (χ0) is 16.3. The highest BCUT2D eigenvalue weighted by atomic mass is 16.5. The molecule has 7 nitrogen and oxygen atoms in total. The summed E-state index contributed by atoms with van der Waals surface area (Å²) in [6.45, 7) is 4.62. The van der Waals surface area contributed by atoms with Crippen LogP contribution in [0.15, 0.2) is 4.52 Å². The van der Waals surface area contributed by atoms with E-state index in [2.05, 4.69) is 10.1 Å². The van der Waals surface area contributed by atoms with Crippen molar-refractivity contribution in [2.45, 2.75) is 51.5 Å². The fourth-order valence-corrected chi connectivity index (χ4v) is 2.58. The molecule has 1 aliphatic heterocycles. The fourth-order valence-electron chi connectivity index (χ4n) is 2.58. The van der Waals surface area contributed by atoms with E-state index in [1.807, 2.05) is 13.8 Å². The minimum absolute atomic E-state index is 0.00858. The SMILES string of the molecule is CC(C)c1noc(CCC(=O)N2CCCC2C(=O)N(C)C)n1. The summed E-state index contributed by atoms with van der Waals surface area (Å²) < 4.78 is 5.14. The van der Waals surface area contributed by atoms with Gasteiger partial charge in [0.05, 0.1) is 0 Å². The number of aromatic nitrogens is 2. The van der Waals surface area contributed by atoms with Crippen LogP contribution in [-0.2, 0) is 16.0 Å². The van der Waals surface area contributed by atoms with E-state index in [0.29, 0.717) is 24.7 Å². The van der Waals surface area contributed by atoms with E-state index < -0.39 is 0 Å². The average molecular weight is 308 g/mol. The van der Waals surface area contributed by atoms with Gasteiger partial charge in [-0.25, -0.2) is 0 Å². The number of hydrogen-bond acceptors (Lipinski definition) is 5. The zero-order valence-electron chi connectivity index (χ0n) is 13.7. The van der Waals surface area contributed by atoms with Gasteiger partial charge in [0, 0.05) is 39.4 Å². The van der Waals surface area contributed by atoms with E-state index in [0.717, 1.165) is 12.8 Å². The number of nitrogens with zero attached hydrogens (tertiary/aromatic N) is 4. The molecule has 0 aliphatic carbocycles. The van der Waals surface area contributed by atoms with Crippen molar-refractivity contribution < 1.29 is 14.1 Å². The molecule has 2 rings (SSSR count). The van der Waals surface area contributed by atoms with Crippen LogP contribution in [0.25, 0.3) is 0 Å². The third-order valence-corrected chi connectivity index (χ3v) is 3.85. The maximum Gasteiger partial charge on any atom is 0.244 e. The second kappa shape index (κ2) is 6.89. The van der Waals surface area contributed by atoms with E-state index in [9.17, 15) is 9.59 Å². The summed E-state index contributed by atoms with van der Waals surface area (Å²) in [5, 5.41) is 3.89. The second-order valence-electron chi connectivity index (χ2n) is 6.18. The van der Waals surface area contributed by atoms with Crippen LogP contribution in [0.3, 0.4) is 0 Å². The van der Waals surface area contributed by atoms with Crippen LogP contribution in [0.5, 0.6) is 0 Å². The Kier molecular flexibility index (Phi) is 5.15. The lowest BCUT2D eigenvalue weighted by molar-refractivity contribution is -0.142. The van der Waals surface area contributed by atoms with Gasteiger partial charge in [-0.2, -0.15) is 4.98 Å².